The van der Waals surface area contributed by atoms with E-state index in [1.165, 1.54) is 15.7 Å². The summed E-state index contributed by atoms with van der Waals surface area (Å²) >= 11 is 0. The number of aromatic nitrogens is 2. The van der Waals surface area contributed by atoms with Crippen molar-refractivity contribution in [3.05, 3.63) is 84.3 Å². The second-order valence-electron chi connectivity index (χ2n) is 7.09. The van der Waals surface area contributed by atoms with Gasteiger partial charge in [0.2, 0.25) is 0 Å². The Balaban J connectivity index is 1.83. The SMILES string of the molecule is CCc1cccc(Nc2ccc3c(CNC)cn(S(=O)(=O)c4cccnc4)c3c2)c1. The first kappa shape index (κ1) is 20.1. The van der Waals surface area contributed by atoms with Crippen molar-refractivity contribution in [2.24, 2.45) is 0 Å². The van der Waals surface area contributed by atoms with Gasteiger partial charge in [-0.25, -0.2) is 12.4 Å². The normalized spacial score (nSPS) is 11.7. The number of aryl methyl sites for hydroxylation is 1. The molecule has 0 amide bonds. The lowest BCUT2D eigenvalue weighted by atomic mass is 10.1. The van der Waals surface area contributed by atoms with Gasteiger partial charge < -0.3 is 10.6 Å². The van der Waals surface area contributed by atoms with E-state index in [4.69, 9.17) is 0 Å². The number of pyridine rings is 1. The van der Waals surface area contributed by atoms with Gasteiger partial charge in [-0.3, -0.25) is 4.98 Å². The monoisotopic (exact) mass is 420 g/mol. The first-order chi connectivity index (χ1) is 14.5. The van der Waals surface area contributed by atoms with Crippen molar-refractivity contribution in [3.8, 4) is 0 Å². The molecule has 2 aromatic heterocycles. The molecule has 0 bridgehead atoms. The molecule has 7 heteroatoms. The second-order valence-corrected chi connectivity index (χ2v) is 8.90. The van der Waals surface area contributed by atoms with Crippen molar-refractivity contribution in [1.29, 1.82) is 0 Å². The van der Waals surface area contributed by atoms with E-state index in [0.717, 1.165) is 28.7 Å². The summed E-state index contributed by atoms with van der Waals surface area (Å²) in [6.45, 7) is 2.68. The Labute approximate surface area is 176 Å². The molecule has 0 unspecified atom stereocenters. The first-order valence-electron chi connectivity index (χ1n) is 9.83. The number of rotatable bonds is 7. The molecule has 0 aliphatic rings. The zero-order valence-electron chi connectivity index (χ0n) is 17.0. The predicted molar refractivity (Wildman–Crippen MR) is 121 cm³/mol. The van der Waals surface area contributed by atoms with Crippen LogP contribution in [0, 0.1) is 0 Å². The van der Waals surface area contributed by atoms with Crippen LogP contribution in [0.15, 0.2) is 78.1 Å². The average molecular weight is 421 g/mol. The minimum Gasteiger partial charge on any atom is -0.355 e. The van der Waals surface area contributed by atoms with Gasteiger partial charge in [0.25, 0.3) is 10.0 Å². The summed E-state index contributed by atoms with van der Waals surface area (Å²) < 4.78 is 27.9. The maximum absolute atomic E-state index is 13.3. The highest BCUT2D eigenvalue weighted by Crippen LogP contribution is 2.29. The average Bonchev–Trinajstić information content (AvgIpc) is 3.13. The largest absolute Gasteiger partial charge is 0.355 e. The van der Waals surface area contributed by atoms with Crippen LogP contribution in [0.3, 0.4) is 0 Å². The second kappa shape index (κ2) is 8.30. The lowest BCUT2D eigenvalue weighted by Gasteiger charge is -2.10. The summed E-state index contributed by atoms with van der Waals surface area (Å²) in [4.78, 5) is 4.13. The van der Waals surface area contributed by atoms with E-state index in [-0.39, 0.29) is 4.90 Å². The lowest BCUT2D eigenvalue weighted by molar-refractivity contribution is 0.588. The van der Waals surface area contributed by atoms with Crippen LogP contribution in [0.1, 0.15) is 18.1 Å². The topological polar surface area (TPSA) is 76.0 Å². The van der Waals surface area contributed by atoms with E-state index in [1.807, 2.05) is 37.4 Å². The molecular weight excluding hydrogens is 396 g/mol. The lowest BCUT2D eigenvalue weighted by Crippen LogP contribution is -2.12. The van der Waals surface area contributed by atoms with Gasteiger partial charge in [-0.05, 0) is 61.0 Å². The molecule has 2 heterocycles. The zero-order chi connectivity index (χ0) is 21.1. The summed E-state index contributed by atoms with van der Waals surface area (Å²) in [5, 5.41) is 7.40. The molecule has 30 heavy (non-hydrogen) atoms. The molecule has 2 aromatic carbocycles. The number of hydrogen-bond acceptors (Lipinski definition) is 5. The van der Waals surface area contributed by atoms with Gasteiger partial charge in [0.05, 0.1) is 5.52 Å². The maximum atomic E-state index is 13.3. The minimum absolute atomic E-state index is 0.159. The minimum atomic E-state index is -3.76. The van der Waals surface area contributed by atoms with Gasteiger partial charge in [-0.1, -0.05) is 25.1 Å². The maximum Gasteiger partial charge on any atom is 0.269 e. The number of nitrogens with zero attached hydrogens (tertiary/aromatic N) is 2. The molecule has 0 aliphatic heterocycles. The highest BCUT2D eigenvalue weighted by Gasteiger charge is 2.21. The van der Waals surface area contributed by atoms with Crippen molar-refractivity contribution in [2.75, 3.05) is 12.4 Å². The number of benzene rings is 2. The summed E-state index contributed by atoms with van der Waals surface area (Å²) in [5.41, 5.74) is 4.57. The summed E-state index contributed by atoms with van der Waals surface area (Å²) in [7, 11) is -1.92. The van der Waals surface area contributed by atoms with Crippen molar-refractivity contribution in [2.45, 2.75) is 24.8 Å². The molecule has 0 saturated carbocycles. The van der Waals surface area contributed by atoms with Gasteiger partial charge in [-0.2, -0.15) is 0 Å². The molecular formula is C23H24N4O2S. The fourth-order valence-electron chi connectivity index (χ4n) is 3.52. The van der Waals surface area contributed by atoms with Crippen LogP contribution < -0.4 is 10.6 Å². The quantitative estimate of drug-likeness (QED) is 0.466. The van der Waals surface area contributed by atoms with Crippen LogP contribution in [0.25, 0.3) is 10.9 Å². The third kappa shape index (κ3) is 3.81. The molecule has 2 N–H and O–H groups in total. The summed E-state index contributed by atoms with van der Waals surface area (Å²) in [6, 6.07) is 17.2. The molecule has 0 aliphatic carbocycles. The Hall–Kier alpha value is -3.16. The van der Waals surface area contributed by atoms with Gasteiger partial charge in [0.15, 0.2) is 0 Å². The van der Waals surface area contributed by atoms with E-state index >= 15 is 0 Å². The molecule has 4 aromatic rings. The fraction of sp³-hybridized carbons (Fsp3) is 0.174. The van der Waals surface area contributed by atoms with E-state index < -0.39 is 10.0 Å². The molecule has 4 rings (SSSR count). The van der Waals surface area contributed by atoms with E-state index in [9.17, 15) is 8.42 Å². The molecule has 0 saturated heterocycles. The Morgan fingerprint density at radius 2 is 1.87 bits per heavy atom. The van der Waals surface area contributed by atoms with Crippen LogP contribution in [-0.2, 0) is 23.0 Å². The number of fused-ring (bicyclic) bond motifs is 1. The summed E-state index contributed by atoms with van der Waals surface area (Å²) in [5.74, 6) is 0. The molecule has 0 radical (unpaired) electrons. The van der Waals surface area contributed by atoms with Crippen molar-refractivity contribution in [1.82, 2.24) is 14.3 Å². The third-order valence-corrected chi connectivity index (χ3v) is 6.69. The zero-order valence-corrected chi connectivity index (χ0v) is 17.8. The van der Waals surface area contributed by atoms with Crippen LogP contribution >= 0.6 is 0 Å². The van der Waals surface area contributed by atoms with Crippen molar-refractivity contribution in [3.63, 3.8) is 0 Å². The van der Waals surface area contributed by atoms with E-state index in [0.29, 0.717) is 12.1 Å². The van der Waals surface area contributed by atoms with Gasteiger partial charge in [0, 0.05) is 41.9 Å². The van der Waals surface area contributed by atoms with Crippen molar-refractivity contribution < 1.29 is 8.42 Å². The molecule has 154 valence electrons. The Morgan fingerprint density at radius 1 is 1.03 bits per heavy atom. The van der Waals surface area contributed by atoms with Gasteiger partial charge in [-0.15, -0.1) is 0 Å². The highest BCUT2D eigenvalue weighted by molar-refractivity contribution is 7.90. The Morgan fingerprint density at radius 3 is 2.60 bits per heavy atom. The standard InChI is InChI=1S/C23H24N4O2S/c1-3-17-6-4-7-19(12-17)26-20-9-10-22-18(14-24-2)16-27(23(22)13-20)30(28,29)21-8-5-11-25-15-21/h4-13,15-16,24,26H,3,14H2,1-2H3. The smallest absolute Gasteiger partial charge is 0.269 e. The molecule has 0 atom stereocenters. The van der Waals surface area contributed by atoms with Crippen LogP contribution in [0.5, 0.6) is 0 Å². The van der Waals surface area contributed by atoms with E-state index in [2.05, 4.69) is 34.7 Å². The number of hydrogen-bond donors (Lipinski definition) is 2. The van der Waals surface area contributed by atoms with Gasteiger partial charge in [0.1, 0.15) is 4.90 Å². The Bertz CT molecular complexity index is 1280. The molecule has 0 fully saturated rings. The van der Waals surface area contributed by atoms with Crippen LogP contribution in [0.2, 0.25) is 0 Å². The summed E-state index contributed by atoms with van der Waals surface area (Å²) in [6.07, 6.45) is 5.57. The van der Waals surface area contributed by atoms with Crippen molar-refractivity contribution >= 4 is 32.3 Å². The highest BCUT2D eigenvalue weighted by atomic mass is 32.2. The molecule has 6 nitrogen and oxygen atoms in total. The predicted octanol–water partition coefficient (Wildman–Crippen LogP) is 4.30. The van der Waals surface area contributed by atoms with Gasteiger partial charge >= 0.3 is 0 Å². The molecule has 0 spiro atoms. The van der Waals surface area contributed by atoms with Crippen LogP contribution in [0.4, 0.5) is 11.4 Å². The van der Waals surface area contributed by atoms with E-state index in [1.54, 1.807) is 24.5 Å². The third-order valence-electron chi connectivity index (χ3n) is 5.04. The Kier molecular flexibility index (Phi) is 5.57. The van der Waals surface area contributed by atoms with Crippen LogP contribution in [-0.4, -0.2) is 24.4 Å². The fourth-order valence-corrected chi connectivity index (χ4v) is 4.87. The number of nitrogens with one attached hydrogen (secondary N) is 2. The number of anilines is 2. The first-order valence-corrected chi connectivity index (χ1v) is 11.3.